The highest BCUT2D eigenvalue weighted by Crippen LogP contribution is 2.27. The number of hydrogen-bond donors (Lipinski definition) is 2. The molecule has 25 heavy (non-hydrogen) atoms. The van der Waals surface area contributed by atoms with Gasteiger partial charge in [0.1, 0.15) is 17.4 Å². The highest BCUT2D eigenvalue weighted by molar-refractivity contribution is 5.93. The summed E-state index contributed by atoms with van der Waals surface area (Å²) < 4.78 is 67.3. The summed E-state index contributed by atoms with van der Waals surface area (Å²) in [7, 11) is 0. The van der Waals surface area contributed by atoms with Crippen LogP contribution in [0, 0.1) is 11.6 Å². The summed E-state index contributed by atoms with van der Waals surface area (Å²) in [5, 5.41) is 4.95. The number of carbonyl (C=O) groups is 1. The minimum absolute atomic E-state index is 0.0986. The van der Waals surface area contributed by atoms with Crippen LogP contribution in [0.25, 0.3) is 0 Å². The fraction of sp³-hybridized carbons (Fsp3) is 0.188. The first-order chi connectivity index (χ1) is 11.7. The Bertz CT molecular complexity index is 732. The lowest BCUT2D eigenvalue weighted by Crippen LogP contribution is -2.23. The molecule has 0 aromatic heterocycles. The van der Waals surface area contributed by atoms with Gasteiger partial charge in [0.15, 0.2) is 6.61 Å². The van der Waals surface area contributed by atoms with Crippen LogP contribution in [0.4, 0.5) is 33.3 Å². The smallest absolute Gasteiger partial charge is 0.422 e. The van der Waals surface area contributed by atoms with E-state index >= 15 is 0 Å². The normalized spacial score (nSPS) is 11.1. The standard InChI is InChI=1S/C16H13F5N2O2/c17-10-1-4-12(5-2-10)23-15(24)8-22-13-7-11(18)3-6-14(13)25-9-16(19,20)21/h1-7,22H,8-9H2,(H,23,24). The van der Waals surface area contributed by atoms with Crippen LogP contribution in [0.1, 0.15) is 0 Å². The Morgan fingerprint density at radius 3 is 2.28 bits per heavy atom. The first-order valence-electron chi connectivity index (χ1n) is 7.01. The predicted octanol–water partition coefficient (Wildman–Crippen LogP) is 3.96. The monoisotopic (exact) mass is 360 g/mol. The van der Waals surface area contributed by atoms with Gasteiger partial charge in [0.2, 0.25) is 5.91 Å². The molecule has 2 aromatic rings. The summed E-state index contributed by atoms with van der Waals surface area (Å²) >= 11 is 0. The SMILES string of the molecule is O=C(CNc1cc(F)ccc1OCC(F)(F)F)Nc1ccc(F)cc1. The number of anilines is 2. The molecule has 0 saturated carbocycles. The van der Waals surface area contributed by atoms with Gasteiger partial charge in [-0.05, 0) is 36.4 Å². The third kappa shape index (κ3) is 6.28. The summed E-state index contributed by atoms with van der Waals surface area (Å²) in [4.78, 5) is 11.8. The van der Waals surface area contributed by atoms with Crippen LogP contribution in [-0.2, 0) is 4.79 Å². The van der Waals surface area contributed by atoms with E-state index in [-0.39, 0.29) is 18.0 Å². The molecule has 0 aliphatic rings. The number of nitrogens with one attached hydrogen (secondary N) is 2. The maximum atomic E-state index is 13.3. The van der Waals surface area contributed by atoms with E-state index in [0.29, 0.717) is 5.69 Å². The summed E-state index contributed by atoms with van der Waals surface area (Å²) in [6, 6.07) is 7.87. The fourth-order valence-corrected chi connectivity index (χ4v) is 1.84. The van der Waals surface area contributed by atoms with E-state index in [4.69, 9.17) is 0 Å². The number of alkyl halides is 3. The second-order valence-electron chi connectivity index (χ2n) is 4.95. The first kappa shape index (κ1) is 18.5. The molecular weight excluding hydrogens is 347 g/mol. The Balaban J connectivity index is 1.97. The maximum absolute atomic E-state index is 13.3. The van der Waals surface area contributed by atoms with Crippen LogP contribution in [0.5, 0.6) is 5.75 Å². The zero-order chi connectivity index (χ0) is 18.4. The van der Waals surface area contributed by atoms with E-state index in [2.05, 4.69) is 15.4 Å². The second-order valence-corrected chi connectivity index (χ2v) is 4.95. The number of hydrogen-bond acceptors (Lipinski definition) is 3. The van der Waals surface area contributed by atoms with Crippen LogP contribution in [0.2, 0.25) is 0 Å². The van der Waals surface area contributed by atoms with E-state index in [9.17, 15) is 26.7 Å². The van der Waals surface area contributed by atoms with Crippen LogP contribution in [0.15, 0.2) is 42.5 Å². The summed E-state index contributed by atoms with van der Waals surface area (Å²) in [6.45, 7) is -1.90. The third-order valence-corrected chi connectivity index (χ3v) is 2.90. The van der Waals surface area contributed by atoms with Gasteiger partial charge in [-0.25, -0.2) is 8.78 Å². The molecule has 0 atom stereocenters. The highest BCUT2D eigenvalue weighted by Gasteiger charge is 2.28. The molecule has 4 nitrogen and oxygen atoms in total. The molecular formula is C16H13F5N2O2. The molecule has 0 fully saturated rings. The van der Waals surface area contributed by atoms with Crippen molar-refractivity contribution in [2.75, 3.05) is 23.8 Å². The minimum atomic E-state index is -4.55. The molecule has 2 N–H and O–H groups in total. The number of carbonyl (C=O) groups excluding carboxylic acids is 1. The van der Waals surface area contributed by atoms with Crippen LogP contribution in [0.3, 0.4) is 0 Å². The molecule has 0 unspecified atom stereocenters. The lowest BCUT2D eigenvalue weighted by molar-refractivity contribution is -0.153. The van der Waals surface area contributed by atoms with Crippen molar-refractivity contribution >= 4 is 17.3 Å². The number of benzene rings is 2. The zero-order valence-electron chi connectivity index (χ0n) is 12.7. The van der Waals surface area contributed by atoms with E-state index < -0.39 is 30.3 Å². The number of halogens is 5. The van der Waals surface area contributed by atoms with Gasteiger partial charge in [-0.3, -0.25) is 4.79 Å². The molecule has 0 aliphatic heterocycles. The third-order valence-electron chi connectivity index (χ3n) is 2.90. The topological polar surface area (TPSA) is 50.4 Å². The maximum Gasteiger partial charge on any atom is 0.422 e. The first-order valence-corrected chi connectivity index (χ1v) is 7.01. The Hall–Kier alpha value is -2.84. The van der Waals surface area contributed by atoms with Crippen LogP contribution < -0.4 is 15.4 Å². The zero-order valence-corrected chi connectivity index (χ0v) is 12.7. The van der Waals surface area contributed by atoms with Crippen molar-refractivity contribution in [2.45, 2.75) is 6.18 Å². The molecule has 0 radical (unpaired) electrons. The average Bonchev–Trinajstić information content (AvgIpc) is 2.53. The molecule has 1 amide bonds. The number of amides is 1. The van der Waals surface area contributed by atoms with Crippen molar-refractivity contribution in [3.05, 3.63) is 54.1 Å². The van der Waals surface area contributed by atoms with Crippen molar-refractivity contribution in [3.63, 3.8) is 0 Å². The Kier molecular flexibility index (Phi) is 5.79. The van der Waals surface area contributed by atoms with Crippen molar-refractivity contribution in [3.8, 4) is 5.75 Å². The van der Waals surface area contributed by atoms with Crippen LogP contribution >= 0.6 is 0 Å². The average molecular weight is 360 g/mol. The number of ether oxygens (including phenoxy) is 1. The summed E-state index contributed by atoms with van der Waals surface area (Å²) in [5.74, 6) is -1.98. The van der Waals surface area contributed by atoms with Crippen LogP contribution in [-0.4, -0.2) is 25.2 Å². The van der Waals surface area contributed by atoms with Gasteiger partial charge in [0.05, 0.1) is 12.2 Å². The summed E-state index contributed by atoms with van der Waals surface area (Å²) in [5.41, 5.74) is 0.236. The van der Waals surface area contributed by atoms with Gasteiger partial charge < -0.3 is 15.4 Å². The van der Waals surface area contributed by atoms with Gasteiger partial charge in [0.25, 0.3) is 0 Å². The van der Waals surface area contributed by atoms with Crippen molar-refractivity contribution < 1.29 is 31.5 Å². The summed E-state index contributed by atoms with van der Waals surface area (Å²) in [6.07, 6.45) is -4.55. The van der Waals surface area contributed by atoms with Crippen molar-refractivity contribution in [1.29, 1.82) is 0 Å². The largest absolute Gasteiger partial charge is 0.482 e. The van der Waals surface area contributed by atoms with Crippen molar-refractivity contribution in [2.24, 2.45) is 0 Å². The van der Waals surface area contributed by atoms with E-state index in [1.54, 1.807) is 0 Å². The lowest BCUT2D eigenvalue weighted by atomic mass is 10.2. The minimum Gasteiger partial charge on any atom is -0.482 e. The van der Waals surface area contributed by atoms with Gasteiger partial charge in [-0.2, -0.15) is 13.2 Å². The van der Waals surface area contributed by atoms with Gasteiger partial charge in [-0.1, -0.05) is 0 Å². The molecule has 0 aliphatic carbocycles. The lowest BCUT2D eigenvalue weighted by Gasteiger charge is -2.14. The second kappa shape index (κ2) is 7.82. The molecule has 0 bridgehead atoms. The Labute approximate surface area is 139 Å². The molecule has 134 valence electrons. The molecule has 2 aromatic carbocycles. The molecule has 0 heterocycles. The molecule has 0 spiro atoms. The quantitative estimate of drug-likeness (QED) is 0.767. The predicted molar refractivity (Wildman–Crippen MR) is 81.5 cm³/mol. The highest BCUT2D eigenvalue weighted by atomic mass is 19.4. The van der Waals surface area contributed by atoms with Gasteiger partial charge in [0, 0.05) is 11.8 Å². The molecule has 2 rings (SSSR count). The number of rotatable bonds is 6. The van der Waals surface area contributed by atoms with E-state index in [0.717, 1.165) is 30.3 Å². The van der Waals surface area contributed by atoms with Crippen molar-refractivity contribution in [1.82, 2.24) is 0 Å². The van der Waals surface area contributed by atoms with E-state index in [1.165, 1.54) is 12.1 Å². The Morgan fingerprint density at radius 2 is 1.64 bits per heavy atom. The molecule has 9 heteroatoms. The van der Waals surface area contributed by atoms with Gasteiger partial charge in [-0.15, -0.1) is 0 Å². The fourth-order valence-electron chi connectivity index (χ4n) is 1.84. The molecule has 0 saturated heterocycles. The van der Waals surface area contributed by atoms with E-state index in [1.807, 2.05) is 0 Å². The van der Waals surface area contributed by atoms with Gasteiger partial charge >= 0.3 is 6.18 Å². The Morgan fingerprint density at radius 1 is 1.00 bits per heavy atom.